The van der Waals surface area contributed by atoms with Gasteiger partial charge in [-0.05, 0) is 37.1 Å². The summed E-state index contributed by atoms with van der Waals surface area (Å²) in [5, 5.41) is 3.24. The van der Waals surface area contributed by atoms with E-state index in [0.29, 0.717) is 18.8 Å². The van der Waals surface area contributed by atoms with Gasteiger partial charge in [0.2, 0.25) is 0 Å². The maximum atomic E-state index is 12.4. The van der Waals surface area contributed by atoms with Gasteiger partial charge in [0.1, 0.15) is 0 Å². The molecule has 0 atom stereocenters. The normalized spacial score (nSPS) is 17.4. The van der Waals surface area contributed by atoms with Crippen LogP contribution in [0.4, 0.5) is 5.69 Å². The summed E-state index contributed by atoms with van der Waals surface area (Å²) in [6.07, 6.45) is 4.13. The Hall–Kier alpha value is -1.11. The summed E-state index contributed by atoms with van der Waals surface area (Å²) >= 11 is 0. The fraction of sp³-hybridized carbons (Fsp3) is 0.600. The molecule has 6 heteroatoms. The smallest absolute Gasteiger partial charge is 0.301 e. The van der Waals surface area contributed by atoms with E-state index in [4.69, 9.17) is 0 Å². The van der Waals surface area contributed by atoms with Crippen LogP contribution in [0.2, 0.25) is 0 Å². The van der Waals surface area contributed by atoms with Crippen LogP contribution in [0.5, 0.6) is 0 Å². The van der Waals surface area contributed by atoms with Gasteiger partial charge in [-0.15, -0.1) is 0 Å². The fourth-order valence-corrected chi connectivity index (χ4v) is 3.76. The molecule has 1 saturated heterocycles. The van der Waals surface area contributed by atoms with Crippen LogP contribution in [0, 0.1) is 0 Å². The van der Waals surface area contributed by atoms with Gasteiger partial charge in [0.05, 0.1) is 0 Å². The first-order valence-electron chi connectivity index (χ1n) is 7.69. The monoisotopic (exact) mass is 311 g/mol. The van der Waals surface area contributed by atoms with Crippen molar-refractivity contribution in [2.75, 3.05) is 24.4 Å². The molecule has 1 aliphatic heterocycles. The first kappa shape index (κ1) is 16.3. The number of nitrogens with zero attached hydrogens (tertiary/aromatic N) is 1. The molecule has 0 bridgehead atoms. The summed E-state index contributed by atoms with van der Waals surface area (Å²) in [7, 11) is -3.42. The number of benzene rings is 1. The minimum Gasteiger partial charge on any atom is -0.313 e. The van der Waals surface area contributed by atoms with Crippen LogP contribution < -0.4 is 10.0 Å². The molecule has 1 aromatic carbocycles. The standard InChI is InChI=1S/C15H25N3O2S/c1-2-16-13-14-7-9-15(10-8-14)17-21(19,20)18-11-5-3-4-6-12-18/h7-10,16-17H,2-6,11-13H2,1H3. The van der Waals surface area contributed by atoms with E-state index in [1.54, 1.807) is 4.31 Å². The van der Waals surface area contributed by atoms with Crippen LogP contribution in [0.1, 0.15) is 38.2 Å². The van der Waals surface area contributed by atoms with Gasteiger partial charge in [-0.3, -0.25) is 4.72 Å². The number of hydrogen-bond acceptors (Lipinski definition) is 3. The molecule has 21 heavy (non-hydrogen) atoms. The highest BCUT2D eigenvalue weighted by atomic mass is 32.2. The minimum absolute atomic E-state index is 0.619. The van der Waals surface area contributed by atoms with Crippen LogP contribution in [-0.4, -0.2) is 32.4 Å². The molecule has 5 nitrogen and oxygen atoms in total. The third kappa shape index (κ3) is 4.98. The van der Waals surface area contributed by atoms with Gasteiger partial charge >= 0.3 is 10.2 Å². The fourth-order valence-electron chi connectivity index (χ4n) is 2.46. The molecule has 2 N–H and O–H groups in total. The average Bonchev–Trinajstić information content (AvgIpc) is 2.76. The highest BCUT2D eigenvalue weighted by Gasteiger charge is 2.22. The summed E-state index contributed by atoms with van der Waals surface area (Å²) in [6.45, 7) is 5.02. The first-order valence-corrected chi connectivity index (χ1v) is 9.13. The SMILES string of the molecule is CCNCc1ccc(NS(=O)(=O)N2CCCCCC2)cc1. The lowest BCUT2D eigenvalue weighted by molar-refractivity contribution is 0.427. The highest BCUT2D eigenvalue weighted by molar-refractivity contribution is 7.90. The van der Waals surface area contributed by atoms with Gasteiger partial charge in [-0.2, -0.15) is 12.7 Å². The van der Waals surface area contributed by atoms with E-state index in [2.05, 4.69) is 17.0 Å². The first-order chi connectivity index (χ1) is 10.1. The Bertz CT molecular complexity index is 520. The van der Waals surface area contributed by atoms with E-state index < -0.39 is 10.2 Å². The van der Waals surface area contributed by atoms with Crippen LogP contribution in [0.3, 0.4) is 0 Å². The molecule has 1 aliphatic rings. The Labute approximate surface area is 127 Å². The van der Waals surface area contributed by atoms with Crippen LogP contribution >= 0.6 is 0 Å². The van der Waals surface area contributed by atoms with E-state index in [-0.39, 0.29) is 0 Å². The maximum Gasteiger partial charge on any atom is 0.301 e. The molecule has 0 saturated carbocycles. The van der Waals surface area contributed by atoms with Gasteiger partial charge in [0.15, 0.2) is 0 Å². The van der Waals surface area contributed by atoms with Crippen LogP contribution in [0.25, 0.3) is 0 Å². The van der Waals surface area contributed by atoms with Crippen molar-refractivity contribution in [2.24, 2.45) is 0 Å². The number of hydrogen-bond donors (Lipinski definition) is 2. The molecule has 0 amide bonds. The van der Waals surface area contributed by atoms with E-state index in [1.165, 1.54) is 0 Å². The largest absolute Gasteiger partial charge is 0.313 e. The molecule has 0 radical (unpaired) electrons. The molecule has 2 rings (SSSR count). The van der Waals surface area contributed by atoms with Gasteiger partial charge in [-0.1, -0.05) is 31.9 Å². The van der Waals surface area contributed by atoms with Gasteiger partial charge in [0, 0.05) is 25.3 Å². The maximum absolute atomic E-state index is 12.4. The minimum atomic E-state index is -3.42. The second-order valence-electron chi connectivity index (χ2n) is 5.40. The Morgan fingerprint density at radius 3 is 2.24 bits per heavy atom. The number of rotatable bonds is 6. The molecule has 0 spiro atoms. The van der Waals surface area contributed by atoms with Crippen molar-refractivity contribution in [3.63, 3.8) is 0 Å². The Morgan fingerprint density at radius 2 is 1.67 bits per heavy atom. The summed E-state index contributed by atoms with van der Waals surface area (Å²) in [5.74, 6) is 0. The molecular formula is C15H25N3O2S. The van der Waals surface area contributed by atoms with Crippen molar-refractivity contribution >= 4 is 15.9 Å². The van der Waals surface area contributed by atoms with Crippen molar-refractivity contribution < 1.29 is 8.42 Å². The summed E-state index contributed by atoms with van der Waals surface area (Å²) < 4.78 is 29.0. The zero-order valence-corrected chi connectivity index (χ0v) is 13.5. The summed E-state index contributed by atoms with van der Waals surface area (Å²) in [4.78, 5) is 0. The molecule has 118 valence electrons. The molecule has 1 fully saturated rings. The predicted molar refractivity (Wildman–Crippen MR) is 86.4 cm³/mol. The van der Waals surface area contributed by atoms with Crippen LogP contribution in [-0.2, 0) is 16.8 Å². The quantitative estimate of drug-likeness (QED) is 0.847. The van der Waals surface area contributed by atoms with Gasteiger partial charge in [-0.25, -0.2) is 0 Å². The summed E-state index contributed by atoms with van der Waals surface area (Å²) in [5.41, 5.74) is 1.77. The van der Waals surface area contributed by atoms with Crippen molar-refractivity contribution in [1.29, 1.82) is 0 Å². The van der Waals surface area contributed by atoms with E-state index in [0.717, 1.165) is 44.3 Å². The van der Waals surface area contributed by atoms with E-state index in [9.17, 15) is 8.42 Å². The van der Waals surface area contributed by atoms with E-state index in [1.807, 2.05) is 24.3 Å². The molecule has 0 aliphatic carbocycles. The molecule has 1 aromatic rings. The lowest BCUT2D eigenvalue weighted by atomic mass is 10.2. The van der Waals surface area contributed by atoms with Gasteiger partial charge in [0.25, 0.3) is 0 Å². The lowest BCUT2D eigenvalue weighted by Gasteiger charge is -2.20. The Morgan fingerprint density at radius 1 is 1.05 bits per heavy atom. The molecule has 0 unspecified atom stereocenters. The third-order valence-electron chi connectivity index (χ3n) is 3.68. The Balaban J connectivity index is 1.98. The number of nitrogens with one attached hydrogen (secondary N) is 2. The van der Waals surface area contributed by atoms with E-state index >= 15 is 0 Å². The molecule has 1 heterocycles. The summed E-state index contributed by atoms with van der Waals surface area (Å²) in [6, 6.07) is 7.54. The second-order valence-corrected chi connectivity index (χ2v) is 7.07. The zero-order valence-electron chi connectivity index (χ0n) is 12.6. The highest BCUT2D eigenvalue weighted by Crippen LogP contribution is 2.17. The Kier molecular flexibility index (Phi) is 6.02. The lowest BCUT2D eigenvalue weighted by Crippen LogP contribution is -2.36. The van der Waals surface area contributed by atoms with Crippen molar-refractivity contribution in [2.45, 2.75) is 39.2 Å². The van der Waals surface area contributed by atoms with Gasteiger partial charge < -0.3 is 5.32 Å². The predicted octanol–water partition coefficient (Wildman–Crippen LogP) is 2.33. The molecule has 0 aromatic heterocycles. The number of anilines is 1. The average molecular weight is 311 g/mol. The topological polar surface area (TPSA) is 61.4 Å². The second kappa shape index (κ2) is 7.77. The van der Waals surface area contributed by atoms with Crippen molar-refractivity contribution in [3.05, 3.63) is 29.8 Å². The molecular weight excluding hydrogens is 286 g/mol. The van der Waals surface area contributed by atoms with Crippen LogP contribution in [0.15, 0.2) is 24.3 Å². The van der Waals surface area contributed by atoms with Crippen molar-refractivity contribution in [3.8, 4) is 0 Å². The zero-order chi connectivity index (χ0) is 15.1. The van der Waals surface area contributed by atoms with Crippen molar-refractivity contribution in [1.82, 2.24) is 9.62 Å². The third-order valence-corrected chi connectivity index (χ3v) is 5.22.